The van der Waals surface area contributed by atoms with Gasteiger partial charge in [-0.15, -0.1) is 0 Å². The molecule has 1 heterocycles. The fourth-order valence-corrected chi connectivity index (χ4v) is 3.51. The fourth-order valence-electron chi connectivity index (χ4n) is 3.51. The monoisotopic (exact) mass is 253 g/mol. The highest BCUT2D eigenvalue weighted by atomic mass is 16.4. The molecule has 0 bridgehead atoms. The van der Waals surface area contributed by atoms with Gasteiger partial charge < -0.3 is 10.0 Å². The lowest BCUT2D eigenvalue weighted by atomic mass is 9.81. The number of carbonyl (C=O) groups excluding carboxylic acids is 1. The van der Waals surface area contributed by atoms with Crippen LogP contribution < -0.4 is 0 Å². The number of nitrogens with zero attached hydrogens (tertiary/aromatic N) is 1. The van der Waals surface area contributed by atoms with Crippen molar-refractivity contribution in [3.05, 3.63) is 0 Å². The topological polar surface area (TPSA) is 57.6 Å². The third kappa shape index (κ3) is 2.25. The minimum absolute atomic E-state index is 0.106. The van der Waals surface area contributed by atoms with Crippen molar-refractivity contribution in [3.8, 4) is 0 Å². The summed E-state index contributed by atoms with van der Waals surface area (Å²) in [6, 6.07) is -0.588. The summed E-state index contributed by atoms with van der Waals surface area (Å²) >= 11 is 0. The van der Waals surface area contributed by atoms with Crippen molar-refractivity contribution in [3.63, 3.8) is 0 Å². The van der Waals surface area contributed by atoms with Crippen molar-refractivity contribution in [2.75, 3.05) is 6.54 Å². The van der Waals surface area contributed by atoms with E-state index in [-0.39, 0.29) is 11.3 Å². The predicted octanol–water partition coefficient (Wildman–Crippen LogP) is 2.42. The third-order valence-corrected chi connectivity index (χ3v) is 4.74. The smallest absolute Gasteiger partial charge is 0.326 e. The summed E-state index contributed by atoms with van der Waals surface area (Å²) in [6.45, 7) is 2.68. The maximum absolute atomic E-state index is 12.7. The van der Waals surface area contributed by atoms with Gasteiger partial charge in [-0.25, -0.2) is 4.79 Å². The zero-order chi connectivity index (χ0) is 13.2. The zero-order valence-electron chi connectivity index (χ0n) is 11.2. The lowest BCUT2D eigenvalue weighted by molar-refractivity contribution is -0.157. The molecule has 2 aliphatic rings. The molecule has 0 aromatic heterocycles. The molecule has 0 aromatic carbocycles. The lowest BCUT2D eigenvalue weighted by Crippen LogP contribution is -2.52. The van der Waals surface area contributed by atoms with Gasteiger partial charge in [0.05, 0.1) is 0 Å². The second-order valence-electron chi connectivity index (χ2n) is 5.69. The molecule has 2 fully saturated rings. The van der Waals surface area contributed by atoms with Crippen molar-refractivity contribution in [2.24, 2.45) is 5.41 Å². The van der Waals surface area contributed by atoms with Gasteiger partial charge in [-0.3, -0.25) is 4.79 Å². The minimum Gasteiger partial charge on any atom is -0.480 e. The van der Waals surface area contributed by atoms with E-state index in [4.69, 9.17) is 0 Å². The molecule has 1 amide bonds. The number of amides is 1. The Morgan fingerprint density at radius 1 is 1.22 bits per heavy atom. The van der Waals surface area contributed by atoms with E-state index in [1.807, 2.05) is 0 Å². The summed E-state index contributed by atoms with van der Waals surface area (Å²) in [6.07, 6.45) is 7.39. The normalized spacial score (nSPS) is 27.2. The summed E-state index contributed by atoms with van der Waals surface area (Å²) in [4.78, 5) is 25.7. The molecule has 1 N–H and O–H groups in total. The van der Waals surface area contributed by atoms with Crippen LogP contribution in [0.3, 0.4) is 0 Å². The van der Waals surface area contributed by atoms with Crippen LogP contribution in [-0.2, 0) is 9.59 Å². The summed E-state index contributed by atoms with van der Waals surface area (Å²) in [7, 11) is 0. The van der Waals surface area contributed by atoms with Crippen LogP contribution in [0.2, 0.25) is 0 Å². The highest BCUT2D eigenvalue weighted by Gasteiger charge is 2.45. The van der Waals surface area contributed by atoms with Gasteiger partial charge in [-0.1, -0.05) is 19.8 Å². The number of piperidine rings is 1. The largest absolute Gasteiger partial charge is 0.480 e. The second kappa shape index (κ2) is 5.29. The van der Waals surface area contributed by atoms with Crippen LogP contribution in [0.1, 0.15) is 58.3 Å². The van der Waals surface area contributed by atoms with Crippen LogP contribution in [0.5, 0.6) is 0 Å². The van der Waals surface area contributed by atoms with Crippen LogP contribution >= 0.6 is 0 Å². The number of hydrogen-bond donors (Lipinski definition) is 1. The van der Waals surface area contributed by atoms with Crippen molar-refractivity contribution >= 4 is 11.9 Å². The Balaban J connectivity index is 2.17. The number of carbonyl (C=O) groups is 2. The van der Waals surface area contributed by atoms with Crippen LogP contribution in [0.25, 0.3) is 0 Å². The van der Waals surface area contributed by atoms with E-state index in [1.54, 1.807) is 4.90 Å². The summed E-state index contributed by atoms with van der Waals surface area (Å²) in [5.41, 5.74) is -0.259. The number of likely N-dealkylation sites (tertiary alicyclic amines) is 1. The molecule has 4 heteroatoms. The van der Waals surface area contributed by atoms with Gasteiger partial charge in [0.2, 0.25) is 5.91 Å². The molecule has 0 aromatic rings. The number of aliphatic carboxylic acids is 1. The lowest BCUT2D eigenvalue weighted by Gasteiger charge is -2.39. The number of carboxylic acid groups (broad SMARTS) is 1. The van der Waals surface area contributed by atoms with Crippen LogP contribution in [0, 0.1) is 5.41 Å². The Labute approximate surface area is 108 Å². The quantitative estimate of drug-likeness (QED) is 0.840. The van der Waals surface area contributed by atoms with E-state index in [9.17, 15) is 14.7 Å². The fraction of sp³-hybridized carbons (Fsp3) is 0.857. The first-order chi connectivity index (χ1) is 8.60. The van der Waals surface area contributed by atoms with E-state index >= 15 is 0 Å². The maximum Gasteiger partial charge on any atom is 0.326 e. The molecule has 1 aliphatic carbocycles. The average molecular weight is 253 g/mol. The molecule has 1 atom stereocenters. The predicted molar refractivity (Wildman–Crippen MR) is 68.2 cm³/mol. The van der Waals surface area contributed by atoms with Crippen molar-refractivity contribution < 1.29 is 14.7 Å². The van der Waals surface area contributed by atoms with E-state index in [0.717, 1.165) is 44.9 Å². The van der Waals surface area contributed by atoms with E-state index < -0.39 is 12.0 Å². The molecule has 0 spiro atoms. The van der Waals surface area contributed by atoms with E-state index in [1.165, 1.54) is 0 Å². The summed E-state index contributed by atoms with van der Waals surface area (Å²) in [5, 5.41) is 9.26. The molecule has 1 aliphatic heterocycles. The Bertz CT molecular complexity index is 334. The van der Waals surface area contributed by atoms with Gasteiger partial charge in [0.1, 0.15) is 6.04 Å². The van der Waals surface area contributed by atoms with Crippen molar-refractivity contribution in [1.29, 1.82) is 0 Å². The van der Waals surface area contributed by atoms with Gasteiger partial charge in [0.15, 0.2) is 0 Å². The number of rotatable bonds is 3. The summed E-state index contributed by atoms with van der Waals surface area (Å²) in [5.74, 6) is -0.734. The minimum atomic E-state index is -0.840. The SMILES string of the molecule is CCC1(C(=O)N2CCCC[C@H]2C(=O)O)CCCC1. The van der Waals surface area contributed by atoms with Crippen LogP contribution in [0.4, 0.5) is 0 Å². The Kier molecular flexibility index (Phi) is 3.93. The molecule has 0 radical (unpaired) electrons. The van der Waals surface area contributed by atoms with Gasteiger partial charge in [-0.2, -0.15) is 0 Å². The molecule has 4 nitrogen and oxygen atoms in total. The highest BCUT2D eigenvalue weighted by molar-refractivity contribution is 5.88. The van der Waals surface area contributed by atoms with Gasteiger partial charge in [0.25, 0.3) is 0 Å². The average Bonchev–Trinajstić information content (AvgIpc) is 2.87. The first-order valence-corrected chi connectivity index (χ1v) is 7.14. The number of carboxylic acids is 1. The van der Waals surface area contributed by atoms with Crippen LogP contribution in [0.15, 0.2) is 0 Å². The first-order valence-electron chi connectivity index (χ1n) is 7.14. The summed E-state index contributed by atoms with van der Waals surface area (Å²) < 4.78 is 0. The molecule has 0 unspecified atom stereocenters. The Hall–Kier alpha value is -1.06. The molecule has 1 saturated heterocycles. The molecule has 18 heavy (non-hydrogen) atoms. The Morgan fingerprint density at radius 3 is 2.44 bits per heavy atom. The molecule has 2 rings (SSSR count). The molecule has 1 saturated carbocycles. The van der Waals surface area contributed by atoms with E-state index in [2.05, 4.69) is 6.92 Å². The highest BCUT2D eigenvalue weighted by Crippen LogP contribution is 2.43. The first kappa shape index (κ1) is 13.4. The molecular weight excluding hydrogens is 230 g/mol. The molecular formula is C14H23NO3. The maximum atomic E-state index is 12.7. The Morgan fingerprint density at radius 2 is 1.89 bits per heavy atom. The van der Waals surface area contributed by atoms with Gasteiger partial charge in [0, 0.05) is 12.0 Å². The standard InChI is InChI=1S/C14H23NO3/c1-2-14(8-4-5-9-14)13(18)15-10-6-3-7-11(15)12(16)17/h11H,2-10H2,1H3,(H,16,17)/t11-/m0/s1. The van der Waals surface area contributed by atoms with Crippen molar-refractivity contribution in [2.45, 2.75) is 64.3 Å². The van der Waals surface area contributed by atoms with Crippen molar-refractivity contribution in [1.82, 2.24) is 4.90 Å². The van der Waals surface area contributed by atoms with Crippen LogP contribution in [-0.4, -0.2) is 34.5 Å². The molecule has 102 valence electrons. The zero-order valence-corrected chi connectivity index (χ0v) is 11.2. The van der Waals surface area contributed by atoms with E-state index in [0.29, 0.717) is 13.0 Å². The second-order valence-corrected chi connectivity index (χ2v) is 5.69. The number of hydrogen-bond acceptors (Lipinski definition) is 2. The third-order valence-electron chi connectivity index (χ3n) is 4.74. The van der Waals surface area contributed by atoms with Gasteiger partial charge >= 0.3 is 5.97 Å². The van der Waals surface area contributed by atoms with Gasteiger partial charge in [-0.05, 0) is 38.5 Å².